The van der Waals surface area contributed by atoms with E-state index in [1.54, 1.807) is 0 Å². The van der Waals surface area contributed by atoms with E-state index in [4.69, 9.17) is 5.11 Å². The number of nitrogens with one attached hydrogen (secondary N) is 2. The standard InChI is InChI=1S/C14H16N2O4/c17-12(15-7-9-4-5-9)8-16-13(18)10-2-1-3-11(6-10)14(19)20/h1-3,6,9H,4-5,7-8H2,(H,15,17)(H,16,18)(H,19,20). The number of benzene rings is 1. The number of carboxylic acids is 1. The van der Waals surface area contributed by atoms with E-state index in [1.807, 2.05) is 0 Å². The van der Waals surface area contributed by atoms with Gasteiger partial charge in [-0.15, -0.1) is 0 Å². The Morgan fingerprint density at radius 3 is 2.50 bits per heavy atom. The Labute approximate surface area is 116 Å². The molecule has 1 fully saturated rings. The maximum absolute atomic E-state index is 11.8. The van der Waals surface area contributed by atoms with E-state index in [0.717, 1.165) is 12.8 Å². The molecule has 20 heavy (non-hydrogen) atoms. The minimum Gasteiger partial charge on any atom is -0.478 e. The van der Waals surface area contributed by atoms with Crippen molar-refractivity contribution in [1.29, 1.82) is 0 Å². The van der Waals surface area contributed by atoms with Gasteiger partial charge in [0.05, 0.1) is 12.1 Å². The summed E-state index contributed by atoms with van der Waals surface area (Å²) in [6, 6.07) is 5.68. The van der Waals surface area contributed by atoms with Crippen LogP contribution in [0.25, 0.3) is 0 Å². The number of amides is 2. The van der Waals surface area contributed by atoms with E-state index in [-0.39, 0.29) is 23.6 Å². The first-order chi connectivity index (χ1) is 9.56. The Kier molecular flexibility index (Phi) is 4.34. The second kappa shape index (κ2) is 6.18. The molecule has 0 bridgehead atoms. The number of hydrogen-bond acceptors (Lipinski definition) is 3. The number of carbonyl (C=O) groups is 3. The van der Waals surface area contributed by atoms with Crippen molar-refractivity contribution < 1.29 is 19.5 Å². The van der Waals surface area contributed by atoms with E-state index < -0.39 is 11.9 Å². The normalized spacial score (nSPS) is 13.6. The van der Waals surface area contributed by atoms with Crippen LogP contribution in [0.3, 0.4) is 0 Å². The second-order valence-corrected chi connectivity index (χ2v) is 4.82. The molecule has 6 nitrogen and oxygen atoms in total. The molecule has 0 aromatic heterocycles. The SMILES string of the molecule is O=C(CNC(=O)c1cccc(C(=O)O)c1)NCC1CC1. The Morgan fingerprint density at radius 1 is 1.15 bits per heavy atom. The molecule has 1 saturated carbocycles. The highest BCUT2D eigenvalue weighted by Gasteiger charge is 2.21. The molecule has 106 valence electrons. The molecular formula is C14H16N2O4. The summed E-state index contributed by atoms with van der Waals surface area (Å²) in [5, 5.41) is 14.0. The summed E-state index contributed by atoms with van der Waals surface area (Å²) in [6.45, 7) is 0.548. The Morgan fingerprint density at radius 2 is 1.85 bits per heavy atom. The number of hydrogen-bond donors (Lipinski definition) is 3. The molecule has 1 aromatic carbocycles. The molecular weight excluding hydrogens is 260 g/mol. The van der Waals surface area contributed by atoms with Crippen LogP contribution >= 0.6 is 0 Å². The highest BCUT2D eigenvalue weighted by atomic mass is 16.4. The molecule has 0 spiro atoms. The van der Waals surface area contributed by atoms with Crippen molar-refractivity contribution in [1.82, 2.24) is 10.6 Å². The maximum atomic E-state index is 11.8. The van der Waals surface area contributed by atoms with Crippen molar-refractivity contribution in [3.8, 4) is 0 Å². The van der Waals surface area contributed by atoms with Gasteiger partial charge in [0.15, 0.2) is 0 Å². The van der Waals surface area contributed by atoms with E-state index in [2.05, 4.69) is 10.6 Å². The van der Waals surface area contributed by atoms with Gasteiger partial charge in [-0.05, 0) is 37.0 Å². The van der Waals surface area contributed by atoms with Crippen LogP contribution in [0.15, 0.2) is 24.3 Å². The molecule has 6 heteroatoms. The van der Waals surface area contributed by atoms with Gasteiger partial charge in [0, 0.05) is 12.1 Å². The van der Waals surface area contributed by atoms with Crippen molar-refractivity contribution in [3.05, 3.63) is 35.4 Å². The Balaban J connectivity index is 1.82. The van der Waals surface area contributed by atoms with Crippen molar-refractivity contribution in [2.24, 2.45) is 5.92 Å². The third-order valence-electron chi connectivity index (χ3n) is 3.07. The van der Waals surface area contributed by atoms with Gasteiger partial charge >= 0.3 is 5.97 Å². The first kappa shape index (κ1) is 14.0. The number of carbonyl (C=O) groups excluding carboxylic acids is 2. The van der Waals surface area contributed by atoms with Gasteiger partial charge in [-0.1, -0.05) is 6.07 Å². The lowest BCUT2D eigenvalue weighted by molar-refractivity contribution is -0.120. The topological polar surface area (TPSA) is 95.5 Å². The van der Waals surface area contributed by atoms with E-state index in [9.17, 15) is 14.4 Å². The lowest BCUT2D eigenvalue weighted by Crippen LogP contribution is -2.37. The zero-order valence-electron chi connectivity index (χ0n) is 10.9. The molecule has 3 N–H and O–H groups in total. The summed E-state index contributed by atoms with van der Waals surface area (Å²) in [6.07, 6.45) is 2.29. The van der Waals surface area contributed by atoms with Crippen molar-refractivity contribution in [2.75, 3.05) is 13.1 Å². The molecule has 0 unspecified atom stereocenters. The third-order valence-corrected chi connectivity index (χ3v) is 3.07. The summed E-state index contributed by atoms with van der Waals surface area (Å²) in [5.74, 6) is -1.21. The summed E-state index contributed by atoms with van der Waals surface area (Å²) in [4.78, 5) is 34.1. The quantitative estimate of drug-likeness (QED) is 0.710. The molecule has 1 aliphatic rings. The van der Waals surface area contributed by atoms with Crippen LogP contribution in [0.2, 0.25) is 0 Å². The summed E-state index contributed by atoms with van der Waals surface area (Å²) in [7, 11) is 0. The molecule has 0 heterocycles. The first-order valence-electron chi connectivity index (χ1n) is 6.44. The fourth-order valence-electron chi connectivity index (χ4n) is 1.70. The molecule has 0 aliphatic heterocycles. The van der Waals surface area contributed by atoms with E-state index in [1.165, 1.54) is 24.3 Å². The van der Waals surface area contributed by atoms with Crippen LogP contribution in [-0.4, -0.2) is 36.0 Å². The predicted molar refractivity (Wildman–Crippen MR) is 71.5 cm³/mol. The van der Waals surface area contributed by atoms with Gasteiger partial charge in [-0.25, -0.2) is 4.79 Å². The summed E-state index contributed by atoms with van der Waals surface area (Å²) >= 11 is 0. The van der Waals surface area contributed by atoms with E-state index in [0.29, 0.717) is 12.5 Å². The highest BCUT2D eigenvalue weighted by Crippen LogP contribution is 2.27. The molecule has 0 radical (unpaired) electrons. The van der Waals surface area contributed by atoms with Crippen LogP contribution in [0.4, 0.5) is 0 Å². The van der Waals surface area contributed by atoms with Gasteiger partial charge < -0.3 is 15.7 Å². The van der Waals surface area contributed by atoms with E-state index >= 15 is 0 Å². The van der Waals surface area contributed by atoms with Crippen LogP contribution in [0, 0.1) is 5.92 Å². The zero-order valence-corrected chi connectivity index (χ0v) is 10.9. The Bertz CT molecular complexity index is 538. The molecule has 0 atom stereocenters. The molecule has 1 aromatic rings. The largest absolute Gasteiger partial charge is 0.478 e. The lowest BCUT2D eigenvalue weighted by atomic mass is 10.1. The van der Waals surface area contributed by atoms with Gasteiger partial charge in [0.1, 0.15) is 0 Å². The second-order valence-electron chi connectivity index (χ2n) is 4.82. The van der Waals surface area contributed by atoms with Crippen molar-refractivity contribution in [3.63, 3.8) is 0 Å². The van der Waals surface area contributed by atoms with Crippen LogP contribution < -0.4 is 10.6 Å². The highest BCUT2D eigenvalue weighted by molar-refractivity contribution is 5.98. The van der Waals surface area contributed by atoms with Gasteiger partial charge in [0.25, 0.3) is 5.91 Å². The maximum Gasteiger partial charge on any atom is 0.335 e. The first-order valence-corrected chi connectivity index (χ1v) is 6.44. The molecule has 1 aliphatic carbocycles. The number of aromatic carboxylic acids is 1. The fraction of sp³-hybridized carbons (Fsp3) is 0.357. The smallest absolute Gasteiger partial charge is 0.335 e. The Hall–Kier alpha value is -2.37. The van der Waals surface area contributed by atoms with Crippen molar-refractivity contribution in [2.45, 2.75) is 12.8 Å². The third kappa shape index (κ3) is 4.08. The lowest BCUT2D eigenvalue weighted by Gasteiger charge is -2.06. The minimum absolute atomic E-state index is 0.0378. The molecule has 0 saturated heterocycles. The van der Waals surface area contributed by atoms with Crippen LogP contribution in [0.5, 0.6) is 0 Å². The van der Waals surface area contributed by atoms with Gasteiger partial charge in [-0.2, -0.15) is 0 Å². The average Bonchev–Trinajstić information content (AvgIpc) is 3.26. The monoisotopic (exact) mass is 276 g/mol. The predicted octanol–water partition coefficient (Wildman–Crippen LogP) is 0.641. The minimum atomic E-state index is -1.10. The van der Waals surface area contributed by atoms with Gasteiger partial charge in [0.2, 0.25) is 5.91 Å². The zero-order chi connectivity index (χ0) is 14.5. The number of rotatable bonds is 6. The number of carboxylic acid groups (broad SMARTS) is 1. The molecule has 2 rings (SSSR count). The summed E-state index contributed by atoms with van der Waals surface area (Å²) < 4.78 is 0. The van der Waals surface area contributed by atoms with Crippen LogP contribution in [0.1, 0.15) is 33.6 Å². The van der Waals surface area contributed by atoms with Crippen molar-refractivity contribution >= 4 is 17.8 Å². The van der Waals surface area contributed by atoms with Gasteiger partial charge in [-0.3, -0.25) is 9.59 Å². The summed E-state index contributed by atoms with van der Waals surface area (Å²) in [5.41, 5.74) is 0.260. The molecule has 2 amide bonds. The van der Waals surface area contributed by atoms with Crippen LogP contribution in [-0.2, 0) is 4.79 Å². The average molecular weight is 276 g/mol. The fourth-order valence-corrected chi connectivity index (χ4v) is 1.70.